The van der Waals surface area contributed by atoms with Gasteiger partial charge in [0.05, 0.1) is 12.7 Å². The van der Waals surface area contributed by atoms with Crippen molar-refractivity contribution in [2.45, 2.75) is 32.3 Å². The van der Waals surface area contributed by atoms with E-state index < -0.39 is 0 Å². The zero-order valence-corrected chi connectivity index (χ0v) is 9.87. The Morgan fingerprint density at radius 1 is 1.33 bits per heavy atom. The first-order chi connectivity index (χ1) is 7.38. The van der Waals surface area contributed by atoms with Gasteiger partial charge in [-0.05, 0) is 38.3 Å². The molecule has 3 heteroatoms. The maximum Gasteiger partial charge on any atom is 0.0700 e. The summed E-state index contributed by atoms with van der Waals surface area (Å²) in [6.45, 7) is 9.17. The molecule has 2 rings (SSSR count). The predicted molar refractivity (Wildman–Crippen MR) is 62.1 cm³/mol. The maximum absolute atomic E-state index is 5.69. The van der Waals surface area contributed by atoms with Crippen LogP contribution in [0, 0.1) is 5.92 Å². The van der Waals surface area contributed by atoms with Crippen LogP contribution in [-0.4, -0.2) is 50.3 Å². The number of hydrogen-bond donors (Lipinski definition) is 1. The minimum atomic E-state index is 0.487. The molecular weight excluding hydrogens is 188 g/mol. The lowest BCUT2D eigenvalue weighted by atomic mass is 9.97. The molecule has 0 aromatic rings. The van der Waals surface area contributed by atoms with E-state index in [4.69, 9.17) is 4.74 Å². The van der Waals surface area contributed by atoms with Crippen molar-refractivity contribution in [1.29, 1.82) is 0 Å². The molecular formula is C12H24N2O. The van der Waals surface area contributed by atoms with Gasteiger partial charge in [-0.1, -0.05) is 6.92 Å². The van der Waals surface area contributed by atoms with Crippen molar-refractivity contribution in [1.82, 2.24) is 10.2 Å². The average molecular weight is 212 g/mol. The number of hydrogen-bond acceptors (Lipinski definition) is 3. The summed E-state index contributed by atoms with van der Waals surface area (Å²) < 4.78 is 5.69. The Kier molecular flexibility index (Phi) is 4.42. The predicted octanol–water partition coefficient (Wildman–Crippen LogP) is 1.10. The minimum absolute atomic E-state index is 0.487. The second-order valence-corrected chi connectivity index (χ2v) is 4.85. The van der Waals surface area contributed by atoms with Crippen molar-refractivity contribution in [3.63, 3.8) is 0 Å². The summed E-state index contributed by atoms with van der Waals surface area (Å²) in [6.07, 6.45) is 4.35. The van der Waals surface area contributed by atoms with Gasteiger partial charge in [-0.15, -0.1) is 0 Å². The highest BCUT2D eigenvalue weighted by Crippen LogP contribution is 2.16. The van der Waals surface area contributed by atoms with E-state index in [2.05, 4.69) is 17.1 Å². The van der Waals surface area contributed by atoms with Crippen molar-refractivity contribution in [2.75, 3.05) is 39.3 Å². The molecule has 2 aliphatic rings. The summed E-state index contributed by atoms with van der Waals surface area (Å²) in [5.41, 5.74) is 0. The largest absolute Gasteiger partial charge is 0.376 e. The third kappa shape index (κ3) is 3.44. The van der Waals surface area contributed by atoms with Crippen LogP contribution in [0.4, 0.5) is 0 Å². The smallest absolute Gasteiger partial charge is 0.0700 e. The molecule has 2 heterocycles. The van der Waals surface area contributed by atoms with Crippen molar-refractivity contribution < 1.29 is 4.74 Å². The van der Waals surface area contributed by atoms with Gasteiger partial charge in [0, 0.05) is 19.6 Å². The first-order valence-electron chi connectivity index (χ1n) is 6.43. The SMILES string of the molecule is CC[C@H]1CN(CC2CCNCC2)CCO1. The molecule has 0 bridgehead atoms. The van der Waals surface area contributed by atoms with E-state index in [9.17, 15) is 0 Å². The van der Waals surface area contributed by atoms with Crippen LogP contribution in [0.5, 0.6) is 0 Å². The van der Waals surface area contributed by atoms with Crippen LogP contribution in [0.3, 0.4) is 0 Å². The number of ether oxygens (including phenoxy) is 1. The van der Waals surface area contributed by atoms with Gasteiger partial charge in [0.25, 0.3) is 0 Å². The van der Waals surface area contributed by atoms with Crippen LogP contribution in [0.1, 0.15) is 26.2 Å². The Balaban J connectivity index is 1.72. The van der Waals surface area contributed by atoms with Crippen LogP contribution < -0.4 is 5.32 Å². The first-order valence-corrected chi connectivity index (χ1v) is 6.43. The monoisotopic (exact) mass is 212 g/mol. The molecule has 0 aliphatic carbocycles. The van der Waals surface area contributed by atoms with Crippen molar-refractivity contribution in [3.8, 4) is 0 Å². The van der Waals surface area contributed by atoms with E-state index >= 15 is 0 Å². The number of morpholine rings is 1. The van der Waals surface area contributed by atoms with Crippen LogP contribution in [0.2, 0.25) is 0 Å². The number of nitrogens with one attached hydrogen (secondary N) is 1. The molecule has 1 N–H and O–H groups in total. The Bertz CT molecular complexity index is 180. The molecule has 1 atom stereocenters. The van der Waals surface area contributed by atoms with E-state index in [1.54, 1.807) is 0 Å². The van der Waals surface area contributed by atoms with E-state index in [0.717, 1.165) is 32.0 Å². The van der Waals surface area contributed by atoms with Crippen molar-refractivity contribution >= 4 is 0 Å². The molecule has 15 heavy (non-hydrogen) atoms. The van der Waals surface area contributed by atoms with Gasteiger partial charge in [0.1, 0.15) is 0 Å². The van der Waals surface area contributed by atoms with E-state index in [0.29, 0.717) is 6.10 Å². The van der Waals surface area contributed by atoms with Gasteiger partial charge in [-0.25, -0.2) is 0 Å². The Morgan fingerprint density at radius 3 is 2.87 bits per heavy atom. The van der Waals surface area contributed by atoms with Crippen LogP contribution in [0.25, 0.3) is 0 Å². The zero-order chi connectivity index (χ0) is 10.5. The van der Waals surface area contributed by atoms with E-state index in [1.165, 1.54) is 32.5 Å². The van der Waals surface area contributed by atoms with Gasteiger partial charge < -0.3 is 10.1 Å². The summed E-state index contributed by atoms with van der Waals surface area (Å²) in [7, 11) is 0. The lowest BCUT2D eigenvalue weighted by Gasteiger charge is -2.35. The number of piperidine rings is 1. The summed E-state index contributed by atoms with van der Waals surface area (Å²) in [5, 5.41) is 3.43. The topological polar surface area (TPSA) is 24.5 Å². The standard InChI is InChI=1S/C12H24N2O/c1-2-12-10-14(7-8-15-12)9-11-3-5-13-6-4-11/h11-13H,2-10H2,1H3/t12-/m0/s1. The molecule has 0 saturated carbocycles. The van der Waals surface area contributed by atoms with E-state index in [1.807, 2.05) is 0 Å². The molecule has 2 fully saturated rings. The van der Waals surface area contributed by atoms with Crippen molar-refractivity contribution in [3.05, 3.63) is 0 Å². The summed E-state index contributed by atoms with van der Waals surface area (Å²) >= 11 is 0. The average Bonchev–Trinajstić information content (AvgIpc) is 2.31. The van der Waals surface area contributed by atoms with E-state index in [-0.39, 0.29) is 0 Å². The highest BCUT2D eigenvalue weighted by molar-refractivity contribution is 4.76. The Hall–Kier alpha value is -0.120. The fourth-order valence-electron chi connectivity index (χ4n) is 2.62. The molecule has 2 aliphatic heterocycles. The highest BCUT2D eigenvalue weighted by Gasteiger charge is 2.22. The number of nitrogens with zero attached hydrogens (tertiary/aromatic N) is 1. The first kappa shape index (κ1) is 11.4. The summed E-state index contributed by atoms with van der Waals surface area (Å²) in [5.74, 6) is 0.918. The minimum Gasteiger partial charge on any atom is -0.376 e. The fourth-order valence-corrected chi connectivity index (χ4v) is 2.62. The van der Waals surface area contributed by atoms with Gasteiger partial charge in [0.15, 0.2) is 0 Å². The zero-order valence-electron chi connectivity index (χ0n) is 9.87. The molecule has 0 aromatic carbocycles. The second kappa shape index (κ2) is 5.83. The molecule has 2 saturated heterocycles. The summed E-state index contributed by atoms with van der Waals surface area (Å²) in [6, 6.07) is 0. The van der Waals surface area contributed by atoms with Crippen LogP contribution in [-0.2, 0) is 4.74 Å². The normalized spacial score (nSPS) is 30.6. The quantitative estimate of drug-likeness (QED) is 0.758. The molecule has 88 valence electrons. The second-order valence-electron chi connectivity index (χ2n) is 4.85. The Morgan fingerprint density at radius 2 is 2.13 bits per heavy atom. The van der Waals surface area contributed by atoms with Crippen LogP contribution in [0.15, 0.2) is 0 Å². The molecule has 0 aromatic heterocycles. The van der Waals surface area contributed by atoms with Crippen LogP contribution >= 0.6 is 0 Å². The lowest BCUT2D eigenvalue weighted by molar-refractivity contribution is -0.0351. The molecule has 0 spiro atoms. The van der Waals surface area contributed by atoms with Gasteiger partial charge >= 0.3 is 0 Å². The molecule has 0 radical (unpaired) electrons. The van der Waals surface area contributed by atoms with Crippen molar-refractivity contribution in [2.24, 2.45) is 5.92 Å². The third-order valence-corrected chi connectivity index (χ3v) is 3.65. The molecule has 3 nitrogen and oxygen atoms in total. The lowest BCUT2D eigenvalue weighted by Crippen LogP contribution is -2.45. The fraction of sp³-hybridized carbons (Fsp3) is 1.00. The third-order valence-electron chi connectivity index (χ3n) is 3.65. The summed E-state index contributed by atoms with van der Waals surface area (Å²) in [4.78, 5) is 2.60. The van der Waals surface area contributed by atoms with Gasteiger partial charge in [-0.3, -0.25) is 4.90 Å². The van der Waals surface area contributed by atoms with Gasteiger partial charge in [0.2, 0.25) is 0 Å². The number of rotatable bonds is 3. The molecule has 0 unspecified atom stereocenters. The maximum atomic E-state index is 5.69. The Labute approximate surface area is 93.2 Å². The molecule has 0 amide bonds. The van der Waals surface area contributed by atoms with Gasteiger partial charge in [-0.2, -0.15) is 0 Å². The highest BCUT2D eigenvalue weighted by atomic mass is 16.5.